The van der Waals surface area contributed by atoms with E-state index in [4.69, 9.17) is 0 Å². The van der Waals surface area contributed by atoms with Crippen molar-refractivity contribution >= 4 is 17.4 Å². The normalized spacial score (nSPS) is 17.5. The molecule has 0 radical (unpaired) electrons. The van der Waals surface area contributed by atoms with E-state index in [1.807, 2.05) is 11.8 Å². The first-order valence-corrected chi connectivity index (χ1v) is 7.34. The molecule has 92 valence electrons. The Balaban J connectivity index is 1.71. The third kappa shape index (κ3) is 2.25. The van der Waals surface area contributed by atoms with E-state index in [0.717, 1.165) is 6.54 Å². The number of para-hydroxylation sites is 1. The van der Waals surface area contributed by atoms with Crippen molar-refractivity contribution in [2.24, 2.45) is 0 Å². The van der Waals surface area contributed by atoms with Crippen LogP contribution in [0.2, 0.25) is 0 Å². The zero-order valence-electron chi connectivity index (χ0n) is 10.5. The maximum atomic E-state index is 3.58. The average Bonchev–Trinajstić information content (AvgIpc) is 2.81. The number of benzene rings is 2. The number of rotatable bonds is 3. The second-order valence-corrected chi connectivity index (χ2v) is 5.80. The highest BCUT2D eigenvalue weighted by atomic mass is 32.2. The Morgan fingerprint density at radius 1 is 1.11 bits per heavy atom. The Hall–Kier alpha value is -1.41. The summed E-state index contributed by atoms with van der Waals surface area (Å²) >= 11 is 1.98. The van der Waals surface area contributed by atoms with Gasteiger partial charge in [0.25, 0.3) is 0 Å². The second-order valence-electron chi connectivity index (χ2n) is 4.74. The molecule has 0 amide bonds. The molecule has 0 saturated heterocycles. The smallest absolute Gasteiger partial charge is 0.0370 e. The van der Waals surface area contributed by atoms with Crippen molar-refractivity contribution in [3.63, 3.8) is 0 Å². The van der Waals surface area contributed by atoms with E-state index in [-0.39, 0.29) is 0 Å². The zero-order chi connectivity index (χ0) is 12.4. The number of hydrogen-bond donors (Lipinski definition) is 1. The summed E-state index contributed by atoms with van der Waals surface area (Å²) in [5.41, 5.74) is 4.08. The molecule has 1 N–H and O–H groups in total. The fourth-order valence-corrected chi connectivity index (χ4v) is 3.66. The van der Waals surface area contributed by atoms with Gasteiger partial charge in [-0.1, -0.05) is 36.4 Å². The van der Waals surface area contributed by atoms with E-state index >= 15 is 0 Å². The molecule has 1 unspecified atom stereocenters. The summed E-state index contributed by atoms with van der Waals surface area (Å²) < 4.78 is 0. The first kappa shape index (κ1) is 11.7. The lowest BCUT2D eigenvalue weighted by atomic mass is 10.0. The molecule has 0 bridgehead atoms. The van der Waals surface area contributed by atoms with Crippen LogP contribution in [0.3, 0.4) is 0 Å². The van der Waals surface area contributed by atoms with Crippen LogP contribution in [0, 0.1) is 6.92 Å². The van der Waals surface area contributed by atoms with Crippen molar-refractivity contribution in [1.29, 1.82) is 0 Å². The van der Waals surface area contributed by atoms with Gasteiger partial charge in [0, 0.05) is 28.8 Å². The van der Waals surface area contributed by atoms with Crippen molar-refractivity contribution in [2.45, 2.75) is 17.7 Å². The molecule has 0 fully saturated rings. The molecule has 2 heteroatoms. The van der Waals surface area contributed by atoms with Crippen LogP contribution < -0.4 is 5.32 Å². The lowest BCUT2D eigenvalue weighted by Gasteiger charge is -2.14. The van der Waals surface area contributed by atoms with Crippen LogP contribution >= 0.6 is 11.8 Å². The summed E-state index contributed by atoms with van der Waals surface area (Å²) in [5, 5.41) is 3.58. The van der Waals surface area contributed by atoms with Gasteiger partial charge in [-0.25, -0.2) is 0 Å². The van der Waals surface area contributed by atoms with E-state index in [1.54, 1.807) is 0 Å². The molecule has 0 saturated carbocycles. The van der Waals surface area contributed by atoms with Gasteiger partial charge in [-0.3, -0.25) is 0 Å². The number of hydrogen-bond acceptors (Lipinski definition) is 2. The highest BCUT2D eigenvalue weighted by Gasteiger charge is 2.22. The molecule has 1 nitrogen and oxygen atoms in total. The Bertz CT molecular complexity index is 550. The molecule has 0 aliphatic carbocycles. The molecular weight excluding hydrogens is 238 g/mol. The fourth-order valence-electron chi connectivity index (χ4n) is 2.40. The minimum absolute atomic E-state index is 0.630. The van der Waals surface area contributed by atoms with Gasteiger partial charge >= 0.3 is 0 Å². The summed E-state index contributed by atoms with van der Waals surface area (Å²) in [4.78, 5) is 1.45. The van der Waals surface area contributed by atoms with Gasteiger partial charge in [-0.05, 0) is 30.2 Å². The lowest BCUT2D eigenvalue weighted by Crippen LogP contribution is -2.12. The summed E-state index contributed by atoms with van der Waals surface area (Å²) in [6.07, 6.45) is 0. The maximum Gasteiger partial charge on any atom is 0.0370 e. The second kappa shape index (κ2) is 5.07. The summed E-state index contributed by atoms with van der Waals surface area (Å²) in [6.45, 7) is 3.18. The van der Waals surface area contributed by atoms with Crippen LogP contribution in [-0.4, -0.2) is 12.3 Å². The Morgan fingerprint density at radius 3 is 2.78 bits per heavy atom. The summed E-state index contributed by atoms with van der Waals surface area (Å²) in [7, 11) is 0. The van der Waals surface area contributed by atoms with Crippen molar-refractivity contribution in [3.8, 4) is 0 Å². The molecule has 1 atom stereocenters. The van der Waals surface area contributed by atoms with Crippen LogP contribution in [0.5, 0.6) is 0 Å². The Kier molecular flexibility index (Phi) is 3.28. The molecule has 1 heterocycles. The molecule has 2 aromatic rings. The molecule has 3 rings (SSSR count). The number of thioether (sulfide) groups is 1. The Labute approximate surface area is 113 Å². The van der Waals surface area contributed by atoms with E-state index < -0.39 is 0 Å². The molecule has 18 heavy (non-hydrogen) atoms. The topological polar surface area (TPSA) is 12.0 Å². The number of nitrogens with one attached hydrogen (secondary N) is 1. The van der Waals surface area contributed by atoms with Crippen molar-refractivity contribution in [3.05, 3.63) is 59.7 Å². The first-order chi connectivity index (χ1) is 8.84. The summed E-state index contributed by atoms with van der Waals surface area (Å²) in [5.74, 6) is 1.82. The third-order valence-electron chi connectivity index (χ3n) is 3.48. The van der Waals surface area contributed by atoms with E-state index in [2.05, 4.69) is 60.8 Å². The number of aryl methyl sites for hydroxylation is 1. The molecule has 0 aromatic heterocycles. The monoisotopic (exact) mass is 255 g/mol. The number of fused-ring (bicyclic) bond motifs is 1. The van der Waals surface area contributed by atoms with E-state index in [9.17, 15) is 0 Å². The average molecular weight is 255 g/mol. The van der Waals surface area contributed by atoms with E-state index in [0.29, 0.717) is 5.92 Å². The predicted molar refractivity (Wildman–Crippen MR) is 79.6 cm³/mol. The van der Waals surface area contributed by atoms with Gasteiger partial charge in [0.1, 0.15) is 0 Å². The van der Waals surface area contributed by atoms with Gasteiger partial charge in [0.2, 0.25) is 0 Å². The Morgan fingerprint density at radius 2 is 1.89 bits per heavy atom. The van der Waals surface area contributed by atoms with Crippen LogP contribution in [0.25, 0.3) is 0 Å². The zero-order valence-corrected chi connectivity index (χ0v) is 11.3. The largest absolute Gasteiger partial charge is 0.384 e. The minimum Gasteiger partial charge on any atom is -0.384 e. The van der Waals surface area contributed by atoms with Gasteiger partial charge in [0.05, 0.1) is 0 Å². The van der Waals surface area contributed by atoms with Crippen LogP contribution in [-0.2, 0) is 0 Å². The highest BCUT2D eigenvalue weighted by molar-refractivity contribution is 7.99. The maximum absolute atomic E-state index is 3.58. The predicted octanol–water partition coefficient (Wildman–Crippen LogP) is 4.30. The molecule has 1 aliphatic heterocycles. The lowest BCUT2D eigenvalue weighted by molar-refractivity contribution is 0.818. The van der Waals surface area contributed by atoms with Crippen molar-refractivity contribution in [1.82, 2.24) is 0 Å². The molecule has 1 aliphatic rings. The minimum atomic E-state index is 0.630. The molecule has 2 aromatic carbocycles. The number of anilines is 1. The van der Waals surface area contributed by atoms with Crippen LogP contribution in [0.1, 0.15) is 17.0 Å². The first-order valence-electron chi connectivity index (χ1n) is 6.36. The van der Waals surface area contributed by atoms with Crippen LogP contribution in [0.15, 0.2) is 53.4 Å². The van der Waals surface area contributed by atoms with Gasteiger partial charge < -0.3 is 5.32 Å². The van der Waals surface area contributed by atoms with Crippen molar-refractivity contribution < 1.29 is 0 Å². The summed E-state index contributed by atoms with van der Waals surface area (Å²) in [6, 6.07) is 17.2. The van der Waals surface area contributed by atoms with E-state index in [1.165, 1.54) is 27.5 Å². The van der Waals surface area contributed by atoms with Gasteiger partial charge in [-0.2, -0.15) is 0 Å². The van der Waals surface area contributed by atoms with Crippen LogP contribution in [0.4, 0.5) is 5.69 Å². The van der Waals surface area contributed by atoms with Crippen molar-refractivity contribution in [2.75, 3.05) is 17.6 Å². The quantitative estimate of drug-likeness (QED) is 0.877. The standard InChI is InChI=1S/C16H17NS/c1-12-6-2-4-8-15(12)17-10-13-11-18-16-9-5-3-7-14(13)16/h2-9,13,17H,10-11H2,1H3. The highest BCUT2D eigenvalue weighted by Crippen LogP contribution is 2.39. The molecule has 0 spiro atoms. The fraction of sp³-hybridized carbons (Fsp3) is 0.250. The molecular formula is C16H17NS. The van der Waals surface area contributed by atoms with Gasteiger partial charge in [0.15, 0.2) is 0 Å². The SMILES string of the molecule is Cc1ccccc1NCC1CSc2ccccc21. The third-order valence-corrected chi connectivity index (χ3v) is 4.73. The van der Waals surface area contributed by atoms with Gasteiger partial charge in [-0.15, -0.1) is 11.8 Å².